The van der Waals surface area contributed by atoms with Gasteiger partial charge in [-0.3, -0.25) is 4.21 Å². The smallest absolute Gasteiger partial charge is 0.0621 e. The van der Waals surface area contributed by atoms with Crippen molar-refractivity contribution >= 4 is 10.8 Å². The minimum Gasteiger partial charge on any atom is -0.313 e. The van der Waals surface area contributed by atoms with Gasteiger partial charge in [-0.25, -0.2) is 0 Å². The Labute approximate surface area is 107 Å². The van der Waals surface area contributed by atoms with E-state index in [0.29, 0.717) is 17.7 Å². The van der Waals surface area contributed by atoms with Crippen LogP contribution in [0.1, 0.15) is 51.9 Å². The number of unbranched alkanes of at least 4 members (excludes halogenated alkanes) is 2. The molecule has 4 heteroatoms. The summed E-state index contributed by atoms with van der Waals surface area (Å²) in [5.74, 6) is 0.775. The molecule has 1 aliphatic rings. The number of nitrogens with zero attached hydrogens (tertiary/aromatic N) is 1. The summed E-state index contributed by atoms with van der Waals surface area (Å²) in [5.41, 5.74) is 0. The lowest BCUT2D eigenvalue weighted by Gasteiger charge is -2.31. The molecule has 0 aliphatic heterocycles. The van der Waals surface area contributed by atoms with Gasteiger partial charge in [0.05, 0.1) is 11.3 Å². The minimum atomic E-state index is -0.667. The lowest BCUT2D eigenvalue weighted by atomic mass is 9.95. The first kappa shape index (κ1) is 14.7. The van der Waals surface area contributed by atoms with Crippen LogP contribution in [0, 0.1) is 11.3 Å². The molecule has 0 radical (unpaired) electrons. The van der Waals surface area contributed by atoms with Crippen molar-refractivity contribution in [3.63, 3.8) is 0 Å². The van der Waals surface area contributed by atoms with Crippen molar-refractivity contribution in [1.82, 2.24) is 5.32 Å². The highest BCUT2D eigenvalue weighted by Crippen LogP contribution is 2.23. The Morgan fingerprint density at radius 3 is 2.82 bits per heavy atom. The standard InChI is InChI=1S/C13H24N2OS/c1-2-17(16)13-9-5-4-8-12(13)15-11-7-3-6-10-14/h12-13,15H,2-9,11H2,1H3. The van der Waals surface area contributed by atoms with E-state index in [-0.39, 0.29) is 0 Å². The zero-order valence-electron chi connectivity index (χ0n) is 10.8. The highest BCUT2D eigenvalue weighted by atomic mass is 32.2. The van der Waals surface area contributed by atoms with Crippen LogP contribution in [0.3, 0.4) is 0 Å². The van der Waals surface area contributed by atoms with Crippen molar-refractivity contribution in [2.45, 2.75) is 63.2 Å². The Kier molecular flexibility index (Phi) is 7.46. The fourth-order valence-corrected chi connectivity index (χ4v) is 3.93. The molecule has 0 saturated heterocycles. The van der Waals surface area contributed by atoms with E-state index in [2.05, 4.69) is 11.4 Å². The van der Waals surface area contributed by atoms with E-state index in [9.17, 15) is 4.21 Å². The third kappa shape index (κ3) is 5.18. The molecule has 3 unspecified atom stereocenters. The molecule has 0 spiro atoms. The molecule has 1 N–H and O–H groups in total. The van der Waals surface area contributed by atoms with Gasteiger partial charge in [0.15, 0.2) is 0 Å². The highest BCUT2D eigenvalue weighted by molar-refractivity contribution is 7.85. The van der Waals surface area contributed by atoms with Gasteiger partial charge >= 0.3 is 0 Å². The van der Waals surface area contributed by atoms with Crippen LogP contribution in [0.25, 0.3) is 0 Å². The Balaban J connectivity index is 2.28. The first-order chi connectivity index (χ1) is 8.29. The van der Waals surface area contributed by atoms with Gasteiger partial charge in [-0.15, -0.1) is 0 Å². The van der Waals surface area contributed by atoms with E-state index in [1.807, 2.05) is 6.92 Å². The third-order valence-corrected chi connectivity index (χ3v) is 5.26. The predicted molar refractivity (Wildman–Crippen MR) is 72.2 cm³/mol. The molecule has 17 heavy (non-hydrogen) atoms. The molecule has 1 fully saturated rings. The van der Waals surface area contributed by atoms with Crippen molar-refractivity contribution in [2.75, 3.05) is 12.3 Å². The quantitative estimate of drug-likeness (QED) is 0.711. The first-order valence-corrected chi connectivity index (χ1v) is 8.15. The summed E-state index contributed by atoms with van der Waals surface area (Å²) in [6, 6.07) is 2.60. The number of hydrogen-bond donors (Lipinski definition) is 1. The van der Waals surface area contributed by atoms with E-state index >= 15 is 0 Å². The summed E-state index contributed by atoms with van der Waals surface area (Å²) in [7, 11) is -0.667. The second-order valence-corrected chi connectivity index (χ2v) is 6.61. The van der Waals surface area contributed by atoms with Crippen LogP contribution in [-0.2, 0) is 10.8 Å². The monoisotopic (exact) mass is 256 g/mol. The van der Waals surface area contributed by atoms with Crippen molar-refractivity contribution < 1.29 is 4.21 Å². The zero-order chi connectivity index (χ0) is 12.5. The maximum absolute atomic E-state index is 11.9. The predicted octanol–water partition coefficient (Wildman–Crippen LogP) is 2.35. The van der Waals surface area contributed by atoms with Crippen molar-refractivity contribution in [3.05, 3.63) is 0 Å². The van der Waals surface area contributed by atoms with Gasteiger partial charge in [-0.05, 0) is 32.2 Å². The van der Waals surface area contributed by atoms with Crippen LogP contribution >= 0.6 is 0 Å². The molecule has 0 aromatic heterocycles. The number of hydrogen-bond acceptors (Lipinski definition) is 3. The average Bonchev–Trinajstić information content (AvgIpc) is 2.38. The molecule has 0 amide bonds. The summed E-state index contributed by atoms with van der Waals surface area (Å²) in [4.78, 5) is 0. The molecule has 1 rings (SSSR count). The Morgan fingerprint density at radius 1 is 1.35 bits per heavy atom. The van der Waals surface area contributed by atoms with Crippen LogP contribution in [0.15, 0.2) is 0 Å². The van der Waals surface area contributed by atoms with Crippen LogP contribution in [0.5, 0.6) is 0 Å². The lowest BCUT2D eigenvalue weighted by Crippen LogP contribution is -2.45. The van der Waals surface area contributed by atoms with Crippen LogP contribution in [-0.4, -0.2) is 27.8 Å². The topological polar surface area (TPSA) is 52.9 Å². The van der Waals surface area contributed by atoms with E-state index < -0.39 is 10.8 Å². The number of nitrogens with one attached hydrogen (secondary N) is 1. The normalized spacial score (nSPS) is 26.4. The van der Waals surface area contributed by atoms with Gasteiger partial charge in [-0.2, -0.15) is 5.26 Å². The molecular weight excluding hydrogens is 232 g/mol. The molecule has 3 atom stereocenters. The highest BCUT2D eigenvalue weighted by Gasteiger charge is 2.28. The lowest BCUT2D eigenvalue weighted by molar-refractivity contribution is 0.376. The second-order valence-electron chi connectivity index (χ2n) is 4.67. The van der Waals surface area contributed by atoms with Gasteiger partial charge in [-0.1, -0.05) is 19.8 Å². The number of nitriles is 1. The Hall–Kier alpha value is -0.400. The fraction of sp³-hybridized carbons (Fsp3) is 0.923. The van der Waals surface area contributed by atoms with Crippen molar-refractivity contribution in [2.24, 2.45) is 0 Å². The van der Waals surface area contributed by atoms with Crippen molar-refractivity contribution in [1.29, 1.82) is 5.26 Å². The van der Waals surface area contributed by atoms with Gasteiger partial charge in [0.2, 0.25) is 0 Å². The largest absolute Gasteiger partial charge is 0.313 e. The first-order valence-electron chi connectivity index (χ1n) is 6.77. The zero-order valence-corrected chi connectivity index (χ0v) is 11.6. The SMILES string of the molecule is CCS(=O)C1CCCCC1NCCCCC#N. The van der Waals surface area contributed by atoms with Gasteiger partial charge in [0.1, 0.15) is 0 Å². The summed E-state index contributed by atoms with van der Waals surface area (Å²) >= 11 is 0. The molecule has 0 aromatic carbocycles. The minimum absolute atomic E-state index is 0.352. The average molecular weight is 256 g/mol. The molecule has 0 heterocycles. The molecule has 3 nitrogen and oxygen atoms in total. The molecular formula is C13H24N2OS. The van der Waals surface area contributed by atoms with Gasteiger partial charge < -0.3 is 5.32 Å². The summed E-state index contributed by atoms with van der Waals surface area (Å²) < 4.78 is 11.9. The summed E-state index contributed by atoms with van der Waals surface area (Å²) in [6.45, 7) is 2.97. The molecule has 0 bridgehead atoms. The molecule has 1 saturated carbocycles. The molecule has 0 aromatic rings. The summed E-state index contributed by atoms with van der Waals surface area (Å²) in [6.07, 6.45) is 7.42. The van der Waals surface area contributed by atoms with Crippen LogP contribution < -0.4 is 5.32 Å². The maximum atomic E-state index is 11.9. The maximum Gasteiger partial charge on any atom is 0.0621 e. The van der Waals surface area contributed by atoms with E-state index in [1.165, 1.54) is 12.8 Å². The summed E-state index contributed by atoms with van der Waals surface area (Å²) in [5, 5.41) is 12.3. The Morgan fingerprint density at radius 2 is 2.12 bits per heavy atom. The van der Waals surface area contributed by atoms with E-state index in [0.717, 1.165) is 38.0 Å². The van der Waals surface area contributed by atoms with E-state index in [4.69, 9.17) is 5.26 Å². The van der Waals surface area contributed by atoms with Gasteiger partial charge in [0, 0.05) is 29.0 Å². The third-order valence-electron chi connectivity index (χ3n) is 3.45. The van der Waals surface area contributed by atoms with Gasteiger partial charge in [0.25, 0.3) is 0 Å². The van der Waals surface area contributed by atoms with E-state index in [1.54, 1.807) is 0 Å². The molecule has 98 valence electrons. The van der Waals surface area contributed by atoms with Crippen LogP contribution in [0.4, 0.5) is 0 Å². The van der Waals surface area contributed by atoms with Crippen molar-refractivity contribution in [3.8, 4) is 6.07 Å². The number of rotatable bonds is 7. The Bertz CT molecular complexity index is 275. The van der Waals surface area contributed by atoms with Crippen LogP contribution in [0.2, 0.25) is 0 Å². The second kappa shape index (κ2) is 8.66. The fourth-order valence-electron chi connectivity index (χ4n) is 2.48. The molecule has 1 aliphatic carbocycles.